The number of aromatic nitrogens is 2. The quantitative estimate of drug-likeness (QED) is 0.667. The van der Waals surface area contributed by atoms with Crippen molar-refractivity contribution in [3.05, 3.63) is 22.8 Å². The Morgan fingerprint density at radius 1 is 1.47 bits per heavy atom. The molecule has 0 fully saturated rings. The second-order valence-electron chi connectivity index (χ2n) is 3.46. The molecule has 0 aromatic carbocycles. The topological polar surface area (TPSA) is 64.1 Å². The van der Waals surface area contributed by atoms with Crippen LogP contribution in [0.25, 0.3) is 0 Å². The average molecular weight is 207 g/mol. The van der Waals surface area contributed by atoms with E-state index in [0.717, 1.165) is 24.2 Å². The lowest BCUT2D eigenvalue weighted by Crippen LogP contribution is -2.28. The Kier molecular flexibility index (Phi) is 2.64. The number of hydrogen-bond donors (Lipinski definition) is 1. The maximum absolute atomic E-state index is 11.5. The van der Waals surface area contributed by atoms with Crippen LogP contribution in [0.5, 0.6) is 0 Å². The maximum atomic E-state index is 11.5. The van der Waals surface area contributed by atoms with Gasteiger partial charge in [0.2, 0.25) is 0 Å². The molecule has 1 N–H and O–H groups in total. The molecule has 2 heterocycles. The summed E-state index contributed by atoms with van der Waals surface area (Å²) < 4.78 is 4.70. The zero-order chi connectivity index (χ0) is 10.8. The third-order valence-corrected chi connectivity index (χ3v) is 2.42. The van der Waals surface area contributed by atoms with E-state index in [0.29, 0.717) is 18.1 Å². The molecule has 0 aliphatic carbocycles. The molecule has 0 saturated heterocycles. The fourth-order valence-electron chi connectivity index (χ4n) is 1.73. The minimum atomic E-state index is -0.388. The molecule has 1 aliphatic rings. The maximum Gasteiger partial charge on any atom is 0.357 e. The van der Waals surface area contributed by atoms with E-state index in [9.17, 15) is 4.79 Å². The van der Waals surface area contributed by atoms with E-state index < -0.39 is 0 Å². The van der Waals surface area contributed by atoms with Crippen LogP contribution in [0.15, 0.2) is 0 Å². The fourth-order valence-corrected chi connectivity index (χ4v) is 1.73. The van der Waals surface area contributed by atoms with E-state index >= 15 is 0 Å². The van der Waals surface area contributed by atoms with Crippen molar-refractivity contribution < 1.29 is 9.53 Å². The first kappa shape index (κ1) is 10.0. The molecule has 5 nitrogen and oxygen atoms in total. The summed E-state index contributed by atoms with van der Waals surface area (Å²) >= 11 is 0. The first-order valence-electron chi connectivity index (χ1n) is 4.88. The molecule has 0 radical (unpaired) electrons. The standard InChI is InChI=1S/C10H13N3O2/c1-6-12-8-3-4-11-5-7(8)9(13-6)10(14)15-2/h11H,3-5H2,1-2H3. The normalized spacial score (nSPS) is 14.5. The Bertz CT molecular complexity index is 404. The number of esters is 1. The van der Waals surface area contributed by atoms with Crippen LogP contribution in [-0.4, -0.2) is 29.6 Å². The molecule has 0 atom stereocenters. The van der Waals surface area contributed by atoms with Crippen molar-refractivity contribution in [1.29, 1.82) is 0 Å². The molecule has 1 aromatic heterocycles. The van der Waals surface area contributed by atoms with Gasteiger partial charge in [0.25, 0.3) is 0 Å². The van der Waals surface area contributed by atoms with Crippen LogP contribution >= 0.6 is 0 Å². The molecular formula is C10H13N3O2. The number of rotatable bonds is 1. The number of methoxy groups -OCH3 is 1. The largest absolute Gasteiger partial charge is 0.464 e. The van der Waals surface area contributed by atoms with E-state index in [-0.39, 0.29) is 5.97 Å². The highest BCUT2D eigenvalue weighted by Crippen LogP contribution is 2.16. The van der Waals surface area contributed by atoms with Crippen molar-refractivity contribution in [3.63, 3.8) is 0 Å². The lowest BCUT2D eigenvalue weighted by Gasteiger charge is -2.18. The summed E-state index contributed by atoms with van der Waals surface area (Å²) in [6.07, 6.45) is 0.836. The van der Waals surface area contributed by atoms with Crippen molar-refractivity contribution in [2.75, 3.05) is 13.7 Å². The molecule has 0 saturated carbocycles. The van der Waals surface area contributed by atoms with Gasteiger partial charge in [-0.3, -0.25) is 0 Å². The molecule has 15 heavy (non-hydrogen) atoms. The highest BCUT2D eigenvalue weighted by Gasteiger charge is 2.21. The molecule has 80 valence electrons. The van der Waals surface area contributed by atoms with E-state index in [4.69, 9.17) is 4.74 Å². The lowest BCUT2D eigenvalue weighted by molar-refractivity contribution is 0.0591. The number of carbonyl (C=O) groups excluding carboxylic acids is 1. The summed E-state index contributed by atoms with van der Waals surface area (Å²) in [6.45, 7) is 3.32. The van der Waals surface area contributed by atoms with Gasteiger partial charge in [-0.15, -0.1) is 0 Å². The van der Waals surface area contributed by atoms with Gasteiger partial charge in [-0.2, -0.15) is 0 Å². The lowest BCUT2D eigenvalue weighted by atomic mass is 10.1. The summed E-state index contributed by atoms with van der Waals surface area (Å²) in [6, 6.07) is 0. The molecule has 0 amide bonds. The van der Waals surface area contributed by atoms with E-state index in [1.165, 1.54) is 7.11 Å². The van der Waals surface area contributed by atoms with Gasteiger partial charge in [-0.05, 0) is 6.92 Å². The molecular weight excluding hydrogens is 194 g/mol. The van der Waals surface area contributed by atoms with E-state index in [1.807, 2.05) is 0 Å². The number of hydrogen-bond acceptors (Lipinski definition) is 5. The summed E-state index contributed by atoms with van der Waals surface area (Å²) in [7, 11) is 1.36. The van der Waals surface area contributed by atoms with Crippen LogP contribution < -0.4 is 5.32 Å². The van der Waals surface area contributed by atoms with Crippen LogP contribution in [-0.2, 0) is 17.7 Å². The van der Waals surface area contributed by atoms with Gasteiger partial charge in [0.1, 0.15) is 5.82 Å². The Morgan fingerprint density at radius 3 is 3.00 bits per heavy atom. The van der Waals surface area contributed by atoms with Gasteiger partial charge in [0.05, 0.1) is 12.8 Å². The summed E-state index contributed by atoms with van der Waals surface area (Å²) in [5.74, 6) is 0.233. The summed E-state index contributed by atoms with van der Waals surface area (Å²) in [5, 5.41) is 3.19. The van der Waals surface area contributed by atoms with Crippen molar-refractivity contribution in [1.82, 2.24) is 15.3 Å². The van der Waals surface area contributed by atoms with Crippen molar-refractivity contribution in [2.45, 2.75) is 19.9 Å². The van der Waals surface area contributed by atoms with Gasteiger partial charge >= 0.3 is 5.97 Å². The fraction of sp³-hybridized carbons (Fsp3) is 0.500. The van der Waals surface area contributed by atoms with Crippen LogP contribution in [0.3, 0.4) is 0 Å². The van der Waals surface area contributed by atoms with Gasteiger partial charge in [0.15, 0.2) is 5.69 Å². The Balaban J connectivity index is 2.52. The summed E-state index contributed by atoms with van der Waals surface area (Å²) in [5.41, 5.74) is 2.23. The molecule has 1 aliphatic heterocycles. The zero-order valence-electron chi connectivity index (χ0n) is 8.83. The Hall–Kier alpha value is -1.49. The number of nitrogens with zero attached hydrogens (tertiary/aromatic N) is 2. The molecule has 0 spiro atoms. The van der Waals surface area contributed by atoms with Crippen LogP contribution in [0.1, 0.15) is 27.6 Å². The van der Waals surface area contributed by atoms with Gasteiger partial charge < -0.3 is 10.1 Å². The monoisotopic (exact) mass is 207 g/mol. The highest BCUT2D eigenvalue weighted by atomic mass is 16.5. The van der Waals surface area contributed by atoms with Gasteiger partial charge in [-0.1, -0.05) is 0 Å². The Morgan fingerprint density at radius 2 is 2.27 bits per heavy atom. The molecule has 1 aromatic rings. The number of ether oxygens (including phenoxy) is 1. The minimum Gasteiger partial charge on any atom is -0.464 e. The average Bonchev–Trinajstić information content (AvgIpc) is 2.26. The van der Waals surface area contributed by atoms with Crippen LogP contribution in [0, 0.1) is 6.92 Å². The zero-order valence-corrected chi connectivity index (χ0v) is 8.83. The molecule has 5 heteroatoms. The minimum absolute atomic E-state index is 0.388. The third-order valence-electron chi connectivity index (χ3n) is 2.42. The second kappa shape index (κ2) is 3.94. The van der Waals surface area contributed by atoms with Gasteiger partial charge in [0, 0.05) is 25.1 Å². The smallest absolute Gasteiger partial charge is 0.357 e. The predicted octanol–water partition coefficient (Wildman–Crippen LogP) is 0.217. The van der Waals surface area contributed by atoms with Crippen molar-refractivity contribution in [3.8, 4) is 0 Å². The third kappa shape index (κ3) is 1.83. The second-order valence-corrected chi connectivity index (χ2v) is 3.46. The number of carbonyl (C=O) groups is 1. The molecule has 0 bridgehead atoms. The van der Waals surface area contributed by atoms with Crippen molar-refractivity contribution in [2.24, 2.45) is 0 Å². The van der Waals surface area contributed by atoms with E-state index in [2.05, 4.69) is 15.3 Å². The first-order chi connectivity index (χ1) is 7.22. The Labute approximate surface area is 87.9 Å². The van der Waals surface area contributed by atoms with Gasteiger partial charge in [-0.25, -0.2) is 14.8 Å². The number of nitrogens with one attached hydrogen (secondary N) is 1. The van der Waals surface area contributed by atoms with Crippen LogP contribution in [0.4, 0.5) is 0 Å². The summed E-state index contributed by atoms with van der Waals surface area (Å²) in [4.78, 5) is 20.0. The highest BCUT2D eigenvalue weighted by molar-refractivity contribution is 5.89. The molecule has 2 rings (SSSR count). The van der Waals surface area contributed by atoms with Crippen molar-refractivity contribution >= 4 is 5.97 Å². The molecule has 0 unspecified atom stereocenters. The predicted molar refractivity (Wildman–Crippen MR) is 53.5 cm³/mol. The van der Waals surface area contributed by atoms with E-state index in [1.54, 1.807) is 6.92 Å². The number of fused-ring (bicyclic) bond motifs is 1. The first-order valence-corrected chi connectivity index (χ1v) is 4.88. The number of aryl methyl sites for hydroxylation is 1. The van der Waals surface area contributed by atoms with Crippen LogP contribution in [0.2, 0.25) is 0 Å². The SMILES string of the molecule is COC(=O)c1nc(C)nc2c1CNCC2.